The highest BCUT2D eigenvalue weighted by Crippen LogP contribution is 1.96. The Bertz CT molecular complexity index is 316. The molecule has 0 spiro atoms. The van der Waals surface area contributed by atoms with Crippen LogP contribution >= 0.6 is 0 Å². The number of amides is 1. The van der Waals surface area contributed by atoms with Gasteiger partial charge in [0.25, 0.3) is 5.91 Å². The number of methoxy groups -OCH3 is 1. The summed E-state index contributed by atoms with van der Waals surface area (Å²) in [5, 5.41) is 10.1. The zero-order valence-electron chi connectivity index (χ0n) is 10.3. The van der Waals surface area contributed by atoms with Crippen LogP contribution in [0.1, 0.15) is 29.9 Å². The van der Waals surface area contributed by atoms with Crippen molar-refractivity contribution in [3.8, 4) is 0 Å². The summed E-state index contributed by atoms with van der Waals surface area (Å²) in [7, 11) is 1.58. The zero-order valence-corrected chi connectivity index (χ0v) is 10.3. The molecule has 1 amide bonds. The molecule has 0 fully saturated rings. The van der Waals surface area contributed by atoms with Gasteiger partial charge in [-0.25, -0.2) is 0 Å². The van der Waals surface area contributed by atoms with Gasteiger partial charge in [-0.15, -0.1) is 5.10 Å². The number of aromatic nitrogens is 2. The molecule has 0 aromatic carbocycles. The Morgan fingerprint density at radius 1 is 1.50 bits per heavy atom. The second-order valence-corrected chi connectivity index (χ2v) is 2.87. The Hall–Kier alpha value is -1.49. The van der Waals surface area contributed by atoms with E-state index in [1.165, 1.54) is 0 Å². The first-order valence-corrected chi connectivity index (χ1v) is 5.30. The SMILES string of the molecule is CC.COCCNC(=O)c1cc(C)cnn1. The Kier molecular flexibility index (Phi) is 7.97. The van der Waals surface area contributed by atoms with Crippen LogP contribution in [0.15, 0.2) is 12.3 Å². The summed E-state index contributed by atoms with van der Waals surface area (Å²) in [6.45, 7) is 6.83. The van der Waals surface area contributed by atoms with Crippen molar-refractivity contribution in [3.05, 3.63) is 23.5 Å². The predicted molar refractivity (Wildman–Crippen MR) is 62.3 cm³/mol. The summed E-state index contributed by atoms with van der Waals surface area (Å²) < 4.78 is 4.80. The van der Waals surface area contributed by atoms with Crippen molar-refractivity contribution in [2.45, 2.75) is 20.8 Å². The predicted octanol–water partition coefficient (Wildman–Crippen LogP) is 1.19. The van der Waals surface area contributed by atoms with E-state index < -0.39 is 0 Å². The molecule has 5 heteroatoms. The van der Waals surface area contributed by atoms with E-state index in [1.807, 2.05) is 20.8 Å². The number of aryl methyl sites for hydroxylation is 1. The van der Waals surface area contributed by atoms with Crippen LogP contribution in [-0.2, 0) is 4.74 Å². The molecule has 5 nitrogen and oxygen atoms in total. The maximum absolute atomic E-state index is 11.4. The van der Waals surface area contributed by atoms with Crippen molar-refractivity contribution in [2.24, 2.45) is 0 Å². The molecule has 90 valence electrons. The third-order valence-electron chi connectivity index (χ3n) is 1.62. The quantitative estimate of drug-likeness (QED) is 0.782. The summed E-state index contributed by atoms with van der Waals surface area (Å²) >= 11 is 0. The van der Waals surface area contributed by atoms with E-state index in [4.69, 9.17) is 4.74 Å². The standard InChI is InChI=1S/C9H13N3O2.C2H6/c1-7-5-8(12-11-6-7)9(13)10-3-4-14-2;1-2/h5-6H,3-4H2,1-2H3,(H,10,13);1-2H3. The Labute approximate surface area is 96.2 Å². The summed E-state index contributed by atoms with van der Waals surface area (Å²) in [5.41, 5.74) is 1.25. The third kappa shape index (κ3) is 5.41. The van der Waals surface area contributed by atoms with Gasteiger partial charge in [-0.05, 0) is 18.6 Å². The lowest BCUT2D eigenvalue weighted by atomic mass is 10.3. The largest absolute Gasteiger partial charge is 0.383 e. The molecule has 0 aliphatic rings. The van der Waals surface area contributed by atoms with Crippen LogP contribution in [0.25, 0.3) is 0 Å². The first kappa shape index (κ1) is 14.5. The molecule has 0 unspecified atom stereocenters. The highest BCUT2D eigenvalue weighted by atomic mass is 16.5. The fraction of sp³-hybridized carbons (Fsp3) is 0.545. The minimum atomic E-state index is -0.224. The van der Waals surface area contributed by atoms with Gasteiger partial charge in [0, 0.05) is 13.7 Å². The van der Waals surface area contributed by atoms with E-state index in [1.54, 1.807) is 19.4 Å². The van der Waals surface area contributed by atoms with E-state index in [2.05, 4.69) is 15.5 Å². The van der Waals surface area contributed by atoms with E-state index in [0.29, 0.717) is 18.8 Å². The molecule has 0 aliphatic carbocycles. The lowest BCUT2D eigenvalue weighted by molar-refractivity contribution is 0.0931. The van der Waals surface area contributed by atoms with Crippen molar-refractivity contribution < 1.29 is 9.53 Å². The zero-order chi connectivity index (χ0) is 12.4. The second kappa shape index (κ2) is 8.79. The molecular weight excluding hydrogens is 206 g/mol. The summed E-state index contributed by atoms with van der Waals surface area (Å²) in [6.07, 6.45) is 1.60. The number of ether oxygens (including phenoxy) is 1. The van der Waals surface area contributed by atoms with Crippen LogP contribution in [0.5, 0.6) is 0 Å². The molecule has 0 saturated carbocycles. The molecule has 0 aliphatic heterocycles. The molecule has 0 atom stereocenters. The van der Waals surface area contributed by atoms with Crippen molar-refractivity contribution in [1.29, 1.82) is 0 Å². The van der Waals surface area contributed by atoms with Gasteiger partial charge >= 0.3 is 0 Å². The molecule has 0 bridgehead atoms. The first-order chi connectivity index (χ1) is 7.74. The molecule has 16 heavy (non-hydrogen) atoms. The molecule has 1 rings (SSSR count). The number of rotatable bonds is 4. The van der Waals surface area contributed by atoms with Crippen molar-refractivity contribution >= 4 is 5.91 Å². The van der Waals surface area contributed by atoms with E-state index in [9.17, 15) is 4.79 Å². The molecular formula is C11H19N3O2. The van der Waals surface area contributed by atoms with Gasteiger partial charge in [0.1, 0.15) is 0 Å². The van der Waals surface area contributed by atoms with Crippen LogP contribution in [0.4, 0.5) is 0 Å². The minimum absolute atomic E-state index is 0.224. The maximum atomic E-state index is 11.4. The lowest BCUT2D eigenvalue weighted by Crippen LogP contribution is -2.27. The molecule has 1 heterocycles. The van der Waals surface area contributed by atoms with Gasteiger partial charge in [0.05, 0.1) is 12.8 Å². The minimum Gasteiger partial charge on any atom is -0.383 e. The van der Waals surface area contributed by atoms with Gasteiger partial charge < -0.3 is 10.1 Å². The monoisotopic (exact) mass is 225 g/mol. The van der Waals surface area contributed by atoms with Crippen LogP contribution in [0.3, 0.4) is 0 Å². The number of carbonyl (C=O) groups is 1. The van der Waals surface area contributed by atoms with Gasteiger partial charge in [0.2, 0.25) is 0 Å². The first-order valence-electron chi connectivity index (χ1n) is 5.30. The number of nitrogens with zero attached hydrogens (tertiary/aromatic N) is 2. The Morgan fingerprint density at radius 3 is 2.75 bits per heavy atom. The molecule has 1 aromatic rings. The normalized spacial score (nSPS) is 9.00. The average Bonchev–Trinajstić information content (AvgIpc) is 2.32. The van der Waals surface area contributed by atoms with Crippen molar-refractivity contribution in [3.63, 3.8) is 0 Å². The van der Waals surface area contributed by atoms with Crippen LogP contribution in [0.2, 0.25) is 0 Å². The summed E-state index contributed by atoms with van der Waals surface area (Å²) in [5.74, 6) is -0.224. The Balaban J connectivity index is 0.00000106. The van der Waals surface area contributed by atoms with Gasteiger partial charge in [-0.1, -0.05) is 13.8 Å². The van der Waals surface area contributed by atoms with Gasteiger partial charge in [0.15, 0.2) is 5.69 Å². The highest BCUT2D eigenvalue weighted by molar-refractivity contribution is 5.92. The second-order valence-electron chi connectivity index (χ2n) is 2.87. The lowest BCUT2D eigenvalue weighted by Gasteiger charge is -2.03. The highest BCUT2D eigenvalue weighted by Gasteiger charge is 2.06. The average molecular weight is 225 g/mol. The van der Waals surface area contributed by atoms with Crippen LogP contribution < -0.4 is 5.32 Å². The van der Waals surface area contributed by atoms with Crippen LogP contribution in [-0.4, -0.2) is 36.4 Å². The van der Waals surface area contributed by atoms with E-state index >= 15 is 0 Å². The molecule has 1 aromatic heterocycles. The van der Waals surface area contributed by atoms with Gasteiger partial charge in [-0.2, -0.15) is 5.10 Å². The van der Waals surface area contributed by atoms with Crippen molar-refractivity contribution in [1.82, 2.24) is 15.5 Å². The maximum Gasteiger partial charge on any atom is 0.271 e. The molecule has 0 saturated heterocycles. The smallest absolute Gasteiger partial charge is 0.271 e. The summed E-state index contributed by atoms with van der Waals surface area (Å²) in [4.78, 5) is 11.4. The topological polar surface area (TPSA) is 64.1 Å². The van der Waals surface area contributed by atoms with Gasteiger partial charge in [-0.3, -0.25) is 4.79 Å². The molecule has 0 radical (unpaired) electrons. The van der Waals surface area contributed by atoms with Crippen molar-refractivity contribution in [2.75, 3.05) is 20.3 Å². The number of hydrogen-bond donors (Lipinski definition) is 1. The van der Waals surface area contributed by atoms with E-state index in [0.717, 1.165) is 5.56 Å². The molecule has 1 N–H and O–H groups in total. The van der Waals surface area contributed by atoms with E-state index in [-0.39, 0.29) is 5.91 Å². The number of hydrogen-bond acceptors (Lipinski definition) is 4. The summed E-state index contributed by atoms with van der Waals surface area (Å²) in [6, 6.07) is 1.69. The van der Waals surface area contributed by atoms with Crippen LogP contribution in [0, 0.1) is 6.92 Å². The fourth-order valence-corrected chi connectivity index (χ4v) is 0.932. The number of nitrogens with one attached hydrogen (secondary N) is 1. The Morgan fingerprint density at radius 2 is 2.19 bits per heavy atom. The number of carbonyl (C=O) groups excluding carboxylic acids is 1. The fourth-order valence-electron chi connectivity index (χ4n) is 0.932. The third-order valence-corrected chi connectivity index (χ3v) is 1.62.